The highest BCUT2D eigenvalue weighted by Crippen LogP contribution is 2.51. The minimum atomic E-state index is -4.05. The largest absolute Gasteiger partial charge is 0.483 e. The zero-order valence-electron chi connectivity index (χ0n) is 32.9. The molecule has 58 heavy (non-hydrogen) atoms. The summed E-state index contributed by atoms with van der Waals surface area (Å²) >= 11 is 0. The van der Waals surface area contributed by atoms with Gasteiger partial charge in [0.05, 0.1) is 22.5 Å². The summed E-state index contributed by atoms with van der Waals surface area (Å²) in [7, 11) is -4.05. The van der Waals surface area contributed by atoms with Gasteiger partial charge >= 0.3 is 6.09 Å². The van der Waals surface area contributed by atoms with E-state index < -0.39 is 67.7 Å². The molecule has 4 heterocycles. The van der Waals surface area contributed by atoms with Crippen molar-refractivity contribution in [3.8, 4) is 5.75 Å². The number of aromatic nitrogens is 1. The number of carbonyl (C=O) groups excluding carboxylic acids is 4. The van der Waals surface area contributed by atoms with Crippen LogP contribution < -0.4 is 20.1 Å². The van der Waals surface area contributed by atoms with Crippen LogP contribution in [-0.2, 0) is 35.6 Å². The van der Waals surface area contributed by atoms with E-state index in [1.54, 1.807) is 19.1 Å². The van der Waals surface area contributed by atoms with Crippen LogP contribution >= 0.6 is 0 Å². The number of aryl methyl sites for hydroxylation is 1. The van der Waals surface area contributed by atoms with Crippen LogP contribution in [0.5, 0.6) is 5.75 Å². The summed E-state index contributed by atoms with van der Waals surface area (Å²) in [6, 6.07) is 2.41. The number of halogens is 1. The maximum Gasteiger partial charge on any atom is 0.408 e. The summed E-state index contributed by atoms with van der Waals surface area (Å²) in [4.78, 5) is 63.6. The maximum atomic E-state index is 14.9. The lowest BCUT2D eigenvalue weighted by Gasteiger charge is -2.42. The maximum absolute atomic E-state index is 14.9. The molecule has 13 nitrogen and oxygen atoms in total. The van der Waals surface area contributed by atoms with E-state index in [0.29, 0.717) is 61.6 Å². The van der Waals surface area contributed by atoms with Gasteiger partial charge in [0, 0.05) is 29.2 Å². The molecule has 3 saturated carbocycles. The van der Waals surface area contributed by atoms with Crippen molar-refractivity contribution in [3.63, 3.8) is 0 Å². The van der Waals surface area contributed by atoms with Crippen LogP contribution in [0.15, 0.2) is 42.5 Å². The van der Waals surface area contributed by atoms with Crippen molar-refractivity contribution >= 4 is 44.7 Å². The smallest absolute Gasteiger partial charge is 0.408 e. The summed E-state index contributed by atoms with van der Waals surface area (Å²) in [5.74, 6) is -2.25. The van der Waals surface area contributed by atoms with Crippen LogP contribution in [0.4, 0.5) is 9.18 Å². The molecular weight excluding hydrogens is 766 g/mol. The second-order valence-electron chi connectivity index (χ2n) is 17.9. The van der Waals surface area contributed by atoms with Crippen molar-refractivity contribution in [2.45, 2.75) is 150 Å². The van der Waals surface area contributed by atoms with Gasteiger partial charge in [0.15, 0.2) is 0 Å². The monoisotopic (exact) mass is 817 g/mol. The van der Waals surface area contributed by atoms with E-state index in [-0.39, 0.29) is 30.8 Å². The zero-order chi connectivity index (χ0) is 40.5. The van der Waals surface area contributed by atoms with E-state index >= 15 is 0 Å². The summed E-state index contributed by atoms with van der Waals surface area (Å²) < 4.78 is 55.2. The number of ether oxygens (including phenoxy) is 2. The molecular formula is C43H52FN5O8S. The van der Waals surface area contributed by atoms with Gasteiger partial charge in [-0.2, -0.15) is 0 Å². The molecule has 7 aliphatic rings. The zero-order valence-corrected chi connectivity index (χ0v) is 33.7. The van der Waals surface area contributed by atoms with Gasteiger partial charge in [0.2, 0.25) is 21.8 Å². The number of hydrogen-bond donors (Lipinski definition) is 3. The van der Waals surface area contributed by atoms with E-state index in [1.165, 1.54) is 23.1 Å². The normalized spacial score (nSPS) is 30.9. The number of benzene rings is 1. The summed E-state index contributed by atoms with van der Waals surface area (Å²) in [5, 5.41) is 6.45. The number of nitrogens with one attached hydrogen (secondary N) is 3. The van der Waals surface area contributed by atoms with Crippen LogP contribution in [0.3, 0.4) is 0 Å². The van der Waals surface area contributed by atoms with Crippen molar-refractivity contribution in [2.75, 3.05) is 6.54 Å². The lowest BCUT2D eigenvalue weighted by molar-refractivity contribution is -0.142. The van der Waals surface area contributed by atoms with Crippen LogP contribution in [0.25, 0.3) is 10.9 Å². The van der Waals surface area contributed by atoms with Gasteiger partial charge in [0.25, 0.3) is 5.91 Å². The third-order valence-corrected chi connectivity index (χ3v) is 15.8. The van der Waals surface area contributed by atoms with Gasteiger partial charge in [-0.3, -0.25) is 19.1 Å². The molecule has 310 valence electrons. The molecule has 1 saturated heterocycles. The standard InChI is InChI=1S/C43H52FN5O8S/c1-41(21-22-41)58(54,55)48-39(52)43-20-17-27(43)9-5-3-2-4-6-12-33(46-40(53)56-29-10-7-8-11-29)38(51)49-25-42(24-34(49)37(50)47-43)19-18-30-31-23-28(44)15-16-32(31)45-35(26-13-14-26)36(30)57-42/h5,9,15-17,20,23,26-27,29,33-34H,2-4,6-8,10-14,18-19,21-22,24-25H2,1H3,(H,46,53)(H,47,50)(H,48,52). The molecule has 1 spiro atoms. The lowest BCUT2D eigenvalue weighted by atomic mass is 9.73. The van der Waals surface area contributed by atoms with Crippen LogP contribution in [-0.4, -0.2) is 82.7 Å². The first-order valence-corrected chi connectivity index (χ1v) is 22.6. The number of alkyl carbamates (subject to hydrolysis) is 1. The first-order valence-electron chi connectivity index (χ1n) is 21.1. The quantitative estimate of drug-likeness (QED) is 0.318. The molecule has 0 bridgehead atoms. The third-order valence-electron chi connectivity index (χ3n) is 13.6. The molecule has 9 rings (SSSR count). The Morgan fingerprint density at radius 1 is 1.02 bits per heavy atom. The minimum absolute atomic E-state index is 0.00953. The molecule has 1 aromatic heterocycles. The number of sulfonamides is 1. The summed E-state index contributed by atoms with van der Waals surface area (Å²) in [5.41, 5.74) is -0.455. The van der Waals surface area contributed by atoms with Gasteiger partial charge in [-0.1, -0.05) is 37.1 Å². The highest BCUT2D eigenvalue weighted by Gasteiger charge is 2.58. The molecule has 0 radical (unpaired) electrons. The molecule has 4 amide bonds. The predicted molar refractivity (Wildman–Crippen MR) is 212 cm³/mol. The Morgan fingerprint density at radius 3 is 2.52 bits per heavy atom. The number of fused-ring (bicyclic) bond motifs is 5. The van der Waals surface area contributed by atoms with E-state index in [2.05, 4.69) is 15.4 Å². The molecule has 15 heteroatoms. The predicted octanol–water partition coefficient (Wildman–Crippen LogP) is 5.51. The Labute approximate surface area is 338 Å². The van der Waals surface area contributed by atoms with E-state index in [9.17, 15) is 32.0 Å². The average molecular weight is 818 g/mol. The van der Waals surface area contributed by atoms with Crippen LogP contribution in [0.1, 0.15) is 120 Å². The molecule has 2 aromatic rings. The van der Waals surface area contributed by atoms with Crippen LogP contribution in [0.2, 0.25) is 0 Å². The van der Waals surface area contributed by atoms with Gasteiger partial charge < -0.3 is 25.0 Å². The van der Waals surface area contributed by atoms with Gasteiger partial charge in [-0.25, -0.2) is 22.6 Å². The summed E-state index contributed by atoms with van der Waals surface area (Å²) in [6.07, 6.45) is 16.4. The molecule has 5 unspecified atom stereocenters. The van der Waals surface area contributed by atoms with Gasteiger partial charge in [0.1, 0.15) is 40.9 Å². The van der Waals surface area contributed by atoms with E-state index in [4.69, 9.17) is 14.5 Å². The topological polar surface area (TPSA) is 173 Å². The number of amides is 4. The molecule has 3 aliphatic heterocycles. The Kier molecular flexibility index (Phi) is 9.83. The molecule has 4 fully saturated rings. The SMILES string of the molecule is CC1(S(=O)(=O)NC(=O)C23C=CC2C=CCCCCCC(NC(=O)OC2CCCC2)C(=O)N2CC4(CCc5c(c(C6CC6)nc6ccc(F)cc56)O4)CC2C(=O)N3)CC1. The van der Waals surface area contributed by atoms with Crippen molar-refractivity contribution in [3.05, 3.63) is 59.6 Å². The molecule has 1 aromatic carbocycles. The first kappa shape index (κ1) is 39.0. The second kappa shape index (κ2) is 14.6. The van der Waals surface area contributed by atoms with Crippen molar-refractivity contribution in [2.24, 2.45) is 5.92 Å². The number of allylic oxidation sites excluding steroid dienone is 1. The lowest BCUT2D eigenvalue weighted by Crippen LogP contribution is -2.67. The Balaban J connectivity index is 1.07. The van der Waals surface area contributed by atoms with Gasteiger partial charge in [-0.15, -0.1) is 0 Å². The highest BCUT2D eigenvalue weighted by atomic mass is 32.2. The number of carbonyl (C=O) groups is 4. The average Bonchev–Trinajstić information content (AvgIpc) is 4.09. The fourth-order valence-corrected chi connectivity index (χ4v) is 10.8. The van der Waals surface area contributed by atoms with E-state index in [0.717, 1.165) is 62.6 Å². The number of rotatable bonds is 6. The Morgan fingerprint density at radius 2 is 1.79 bits per heavy atom. The van der Waals surface area contributed by atoms with Crippen LogP contribution in [0, 0.1) is 11.7 Å². The third kappa shape index (κ3) is 7.14. The van der Waals surface area contributed by atoms with Gasteiger partial charge in [-0.05, 0) is 109 Å². The molecule has 3 N–H and O–H groups in total. The highest BCUT2D eigenvalue weighted by molar-refractivity contribution is 7.91. The van der Waals surface area contributed by atoms with Crippen molar-refractivity contribution in [1.29, 1.82) is 0 Å². The Bertz CT molecular complexity index is 2220. The fraction of sp³-hybridized carbons (Fsp3) is 0.605. The van der Waals surface area contributed by atoms with E-state index in [1.807, 2.05) is 12.2 Å². The fourth-order valence-electron chi connectivity index (χ4n) is 9.50. The molecule has 5 atom stereocenters. The first-order chi connectivity index (χ1) is 27.8. The van der Waals surface area contributed by atoms with Crippen molar-refractivity contribution in [1.82, 2.24) is 25.2 Å². The minimum Gasteiger partial charge on any atom is -0.483 e. The summed E-state index contributed by atoms with van der Waals surface area (Å²) in [6.45, 7) is 1.60. The number of nitrogens with zero attached hydrogens (tertiary/aromatic N) is 2. The Hall–Kier alpha value is -4.53. The second-order valence-corrected chi connectivity index (χ2v) is 20.1. The number of hydrogen-bond acceptors (Lipinski definition) is 9. The molecule has 4 aliphatic carbocycles. The number of pyridine rings is 1. The van der Waals surface area contributed by atoms with Crippen molar-refractivity contribution < 1.29 is 41.5 Å².